The van der Waals surface area contributed by atoms with Gasteiger partial charge in [0.25, 0.3) is 0 Å². The Hall–Kier alpha value is -2.42. The highest BCUT2D eigenvalue weighted by Gasteiger charge is 2.30. The van der Waals surface area contributed by atoms with Gasteiger partial charge in [-0.2, -0.15) is 5.26 Å². The summed E-state index contributed by atoms with van der Waals surface area (Å²) < 4.78 is 33.5. The lowest BCUT2D eigenvalue weighted by Gasteiger charge is -2.31. The normalized spacial score (nSPS) is 18.0. The average molecular weight is 306 g/mol. The molecular weight excluding hydrogens is 290 g/mol. The van der Waals surface area contributed by atoms with Crippen molar-refractivity contribution >= 4 is 11.6 Å². The van der Waals surface area contributed by atoms with Gasteiger partial charge in [-0.1, -0.05) is 13.0 Å². The summed E-state index contributed by atoms with van der Waals surface area (Å²) in [5, 5.41) is 8.43. The van der Waals surface area contributed by atoms with Crippen molar-refractivity contribution in [2.75, 3.05) is 13.2 Å². The van der Waals surface area contributed by atoms with Crippen molar-refractivity contribution in [2.24, 2.45) is 5.92 Å². The number of amides is 1. The van der Waals surface area contributed by atoms with Gasteiger partial charge in [0.05, 0.1) is 11.3 Å². The predicted octanol–water partition coefficient (Wildman–Crippen LogP) is 3.10. The molecule has 0 saturated carbocycles. The first-order valence-electron chi connectivity index (χ1n) is 7.00. The summed E-state index contributed by atoms with van der Waals surface area (Å²) >= 11 is 0. The molecule has 1 unspecified atom stereocenters. The molecule has 0 spiro atoms. The highest BCUT2D eigenvalue weighted by Crippen LogP contribution is 2.33. The van der Waals surface area contributed by atoms with Gasteiger partial charge in [0, 0.05) is 24.6 Å². The van der Waals surface area contributed by atoms with Gasteiger partial charge in [0.15, 0.2) is 6.61 Å². The van der Waals surface area contributed by atoms with E-state index in [0.717, 1.165) is 12.1 Å². The van der Waals surface area contributed by atoms with Crippen molar-refractivity contribution in [2.45, 2.75) is 20.3 Å². The van der Waals surface area contributed by atoms with Crippen LogP contribution in [0, 0.1) is 28.9 Å². The zero-order valence-corrected chi connectivity index (χ0v) is 12.4. The molecule has 1 aromatic rings. The predicted molar refractivity (Wildman–Crippen MR) is 76.6 cm³/mol. The topological polar surface area (TPSA) is 53.3 Å². The Bertz CT molecular complexity index is 642. The van der Waals surface area contributed by atoms with Crippen molar-refractivity contribution < 1.29 is 18.3 Å². The Morgan fingerprint density at radius 3 is 2.59 bits per heavy atom. The largest absolute Gasteiger partial charge is 0.479 e. The van der Waals surface area contributed by atoms with Crippen LogP contribution in [0.25, 0.3) is 5.70 Å². The number of rotatable bonds is 4. The number of hydrogen-bond acceptors (Lipinski definition) is 3. The van der Waals surface area contributed by atoms with Crippen molar-refractivity contribution in [3.05, 3.63) is 35.4 Å². The van der Waals surface area contributed by atoms with Crippen LogP contribution in [0.5, 0.6) is 5.75 Å². The summed E-state index contributed by atoms with van der Waals surface area (Å²) in [4.78, 5) is 13.5. The molecule has 1 heterocycles. The molecule has 0 bridgehead atoms. The number of carbonyl (C=O) groups excluding carboxylic acids is 1. The first-order chi connectivity index (χ1) is 10.5. The molecule has 0 fully saturated rings. The molecule has 0 saturated heterocycles. The van der Waals surface area contributed by atoms with Gasteiger partial charge in [0.1, 0.15) is 23.5 Å². The Balaban J connectivity index is 2.44. The van der Waals surface area contributed by atoms with Crippen LogP contribution in [-0.4, -0.2) is 24.0 Å². The maximum absolute atomic E-state index is 14.3. The average Bonchev–Trinajstić information content (AvgIpc) is 2.48. The Morgan fingerprint density at radius 2 is 2.05 bits per heavy atom. The number of nitrogens with zero attached hydrogens (tertiary/aromatic N) is 2. The monoisotopic (exact) mass is 306 g/mol. The fraction of sp³-hybridized carbons (Fsp3) is 0.375. The number of halogens is 2. The number of nitriles is 1. The lowest BCUT2D eigenvalue weighted by molar-refractivity contribution is -0.131. The quantitative estimate of drug-likeness (QED) is 0.859. The summed E-state index contributed by atoms with van der Waals surface area (Å²) in [5.74, 6) is -2.05. The van der Waals surface area contributed by atoms with Gasteiger partial charge < -0.3 is 9.64 Å². The molecule has 1 amide bonds. The second kappa shape index (κ2) is 6.56. The molecule has 4 nitrogen and oxygen atoms in total. The summed E-state index contributed by atoms with van der Waals surface area (Å²) in [6.07, 6.45) is 2.11. The fourth-order valence-electron chi connectivity index (χ4n) is 2.44. The minimum Gasteiger partial charge on any atom is -0.479 e. The van der Waals surface area contributed by atoms with Crippen LogP contribution in [0.15, 0.2) is 18.2 Å². The smallest absolute Gasteiger partial charge is 0.230 e. The van der Waals surface area contributed by atoms with Gasteiger partial charge in [-0.05, 0) is 13.3 Å². The standard InChI is InChI=1S/C16H16F2N2O2/c1-3-20-14(5-4-10(2)16(20)21)15-12(17)8-11(9-13(15)18)22-7-6-19/h5,8-10H,3-4,7H2,1-2H3. The zero-order valence-electron chi connectivity index (χ0n) is 12.4. The second-order valence-electron chi connectivity index (χ2n) is 5.02. The third-order valence-electron chi connectivity index (χ3n) is 3.53. The molecule has 0 radical (unpaired) electrons. The maximum Gasteiger partial charge on any atom is 0.230 e. The molecule has 1 aliphatic rings. The maximum atomic E-state index is 14.3. The van der Waals surface area contributed by atoms with Crippen molar-refractivity contribution in [3.8, 4) is 11.8 Å². The molecule has 1 aliphatic heterocycles. The number of benzene rings is 1. The third-order valence-corrected chi connectivity index (χ3v) is 3.53. The Morgan fingerprint density at radius 1 is 1.41 bits per heavy atom. The van der Waals surface area contributed by atoms with E-state index >= 15 is 0 Å². The van der Waals surface area contributed by atoms with Crippen LogP contribution in [-0.2, 0) is 4.79 Å². The summed E-state index contributed by atoms with van der Waals surface area (Å²) in [5.41, 5.74) is -0.00107. The lowest BCUT2D eigenvalue weighted by Crippen LogP contribution is -2.37. The molecule has 116 valence electrons. The third kappa shape index (κ3) is 2.93. The fourth-order valence-corrected chi connectivity index (χ4v) is 2.44. The lowest BCUT2D eigenvalue weighted by atomic mass is 9.96. The highest BCUT2D eigenvalue weighted by molar-refractivity contribution is 5.90. The van der Waals surface area contributed by atoms with Gasteiger partial charge in [-0.3, -0.25) is 4.79 Å². The van der Waals surface area contributed by atoms with E-state index in [0.29, 0.717) is 13.0 Å². The summed E-state index contributed by atoms with van der Waals surface area (Å²) in [6, 6.07) is 3.77. The van der Waals surface area contributed by atoms with Gasteiger partial charge >= 0.3 is 0 Å². The number of hydrogen-bond donors (Lipinski definition) is 0. The van der Waals surface area contributed by atoms with E-state index in [1.165, 1.54) is 4.90 Å². The first kappa shape index (κ1) is 16.0. The van der Waals surface area contributed by atoms with E-state index in [-0.39, 0.29) is 35.4 Å². The summed E-state index contributed by atoms with van der Waals surface area (Å²) in [7, 11) is 0. The van der Waals surface area contributed by atoms with E-state index < -0.39 is 11.6 Å². The van der Waals surface area contributed by atoms with Crippen LogP contribution in [0.4, 0.5) is 8.78 Å². The van der Waals surface area contributed by atoms with Crippen LogP contribution in [0.2, 0.25) is 0 Å². The molecule has 22 heavy (non-hydrogen) atoms. The number of ether oxygens (including phenoxy) is 1. The van der Waals surface area contributed by atoms with Gasteiger partial charge in [-0.25, -0.2) is 8.78 Å². The van der Waals surface area contributed by atoms with Crippen LogP contribution in [0.1, 0.15) is 25.8 Å². The number of carbonyl (C=O) groups is 1. The van der Waals surface area contributed by atoms with Crippen LogP contribution in [0.3, 0.4) is 0 Å². The van der Waals surface area contributed by atoms with Crippen LogP contribution >= 0.6 is 0 Å². The summed E-state index contributed by atoms with van der Waals surface area (Å²) in [6.45, 7) is 3.58. The highest BCUT2D eigenvalue weighted by atomic mass is 19.1. The SMILES string of the molecule is CCN1C(=O)C(C)CC=C1c1c(F)cc(OCC#N)cc1F. The Kier molecular flexibility index (Phi) is 4.76. The molecular formula is C16H16F2N2O2. The van der Waals surface area contributed by atoms with Crippen molar-refractivity contribution in [1.29, 1.82) is 5.26 Å². The minimum absolute atomic E-state index is 0.0561. The van der Waals surface area contributed by atoms with E-state index in [4.69, 9.17) is 10.00 Å². The van der Waals surface area contributed by atoms with Crippen LogP contribution < -0.4 is 4.74 Å². The first-order valence-corrected chi connectivity index (χ1v) is 7.00. The Labute approximate surface area is 127 Å². The van der Waals surface area contributed by atoms with E-state index in [1.807, 2.05) is 0 Å². The molecule has 1 atom stereocenters. The molecule has 2 rings (SSSR count). The second-order valence-corrected chi connectivity index (χ2v) is 5.02. The number of allylic oxidation sites excluding steroid dienone is 1. The van der Waals surface area contributed by atoms with Gasteiger partial charge in [-0.15, -0.1) is 0 Å². The molecule has 0 aliphatic carbocycles. The molecule has 0 aromatic heterocycles. The van der Waals surface area contributed by atoms with E-state index in [9.17, 15) is 13.6 Å². The van der Waals surface area contributed by atoms with Crippen molar-refractivity contribution in [3.63, 3.8) is 0 Å². The van der Waals surface area contributed by atoms with E-state index in [2.05, 4.69) is 0 Å². The molecule has 0 N–H and O–H groups in total. The van der Waals surface area contributed by atoms with E-state index in [1.54, 1.807) is 26.0 Å². The van der Waals surface area contributed by atoms with Gasteiger partial charge in [0.2, 0.25) is 5.91 Å². The minimum atomic E-state index is -0.819. The zero-order chi connectivity index (χ0) is 16.3. The van der Waals surface area contributed by atoms with Crippen molar-refractivity contribution in [1.82, 2.24) is 4.90 Å². The molecule has 6 heteroatoms. The molecule has 1 aromatic carbocycles.